The van der Waals surface area contributed by atoms with Crippen molar-refractivity contribution < 1.29 is 4.39 Å². The van der Waals surface area contributed by atoms with Crippen LogP contribution in [0.5, 0.6) is 0 Å². The van der Waals surface area contributed by atoms with Gasteiger partial charge >= 0.3 is 0 Å². The van der Waals surface area contributed by atoms with Crippen LogP contribution in [-0.4, -0.2) is 9.97 Å². The Morgan fingerprint density at radius 2 is 2.00 bits per heavy atom. The summed E-state index contributed by atoms with van der Waals surface area (Å²) in [6, 6.07) is 0. The molecule has 0 atom stereocenters. The molecule has 0 aliphatic heterocycles. The monoisotopic (exact) mass is 306 g/mol. The van der Waals surface area contributed by atoms with Crippen molar-refractivity contribution in [3.63, 3.8) is 0 Å². The van der Waals surface area contributed by atoms with Gasteiger partial charge in [-0.1, -0.05) is 13.8 Å². The standard InChI is InChI=1S/C10H12FIN2/c1-5(2)10-13-8(6-3-4-6)7(12)9(11)14-10/h5-6H,3-4H2,1-2H3. The number of hydrogen-bond acceptors (Lipinski definition) is 2. The van der Waals surface area contributed by atoms with E-state index < -0.39 is 0 Å². The Morgan fingerprint density at radius 3 is 2.50 bits per heavy atom. The highest BCUT2D eigenvalue weighted by atomic mass is 127. The molecule has 0 unspecified atom stereocenters. The van der Waals surface area contributed by atoms with Gasteiger partial charge in [-0.05, 0) is 35.4 Å². The Hall–Kier alpha value is -0.260. The molecule has 2 nitrogen and oxygen atoms in total. The van der Waals surface area contributed by atoms with Gasteiger partial charge in [0, 0.05) is 11.8 Å². The molecule has 14 heavy (non-hydrogen) atoms. The first-order valence-corrected chi connectivity index (χ1v) is 5.90. The smallest absolute Gasteiger partial charge is 0.229 e. The Morgan fingerprint density at radius 1 is 1.36 bits per heavy atom. The van der Waals surface area contributed by atoms with Crippen molar-refractivity contribution in [3.8, 4) is 0 Å². The van der Waals surface area contributed by atoms with Crippen molar-refractivity contribution in [3.05, 3.63) is 21.0 Å². The highest BCUT2D eigenvalue weighted by molar-refractivity contribution is 14.1. The molecule has 0 saturated heterocycles. The summed E-state index contributed by atoms with van der Waals surface area (Å²) in [5, 5.41) is 0. The molecule has 1 saturated carbocycles. The summed E-state index contributed by atoms with van der Waals surface area (Å²) in [6.45, 7) is 3.97. The Balaban J connectivity index is 2.46. The molecule has 76 valence electrons. The fraction of sp³-hybridized carbons (Fsp3) is 0.600. The second-order valence-corrected chi connectivity index (χ2v) is 5.08. The minimum Gasteiger partial charge on any atom is -0.236 e. The zero-order valence-electron chi connectivity index (χ0n) is 8.22. The van der Waals surface area contributed by atoms with E-state index in [1.807, 2.05) is 36.4 Å². The highest BCUT2D eigenvalue weighted by Crippen LogP contribution is 2.41. The molecular weight excluding hydrogens is 294 g/mol. The summed E-state index contributed by atoms with van der Waals surface area (Å²) in [6.07, 6.45) is 2.29. The third-order valence-electron chi connectivity index (χ3n) is 2.33. The Kier molecular flexibility index (Phi) is 2.72. The zero-order valence-corrected chi connectivity index (χ0v) is 10.4. The third-order valence-corrected chi connectivity index (χ3v) is 3.33. The lowest BCUT2D eigenvalue weighted by molar-refractivity contribution is 0.548. The summed E-state index contributed by atoms with van der Waals surface area (Å²) >= 11 is 2.00. The average molecular weight is 306 g/mol. The van der Waals surface area contributed by atoms with Gasteiger partial charge in [-0.2, -0.15) is 4.39 Å². The van der Waals surface area contributed by atoms with Crippen LogP contribution in [0.25, 0.3) is 0 Å². The van der Waals surface area contributed by atoms with E-state index in [1.54, 1.807) is 0 Å². The minimum absolute atomic E-state index is 0.194. The van der Waals surface area contributed by atoms with Crippen LogP contribution in [0.1, 0.15) is 50.0 Å². The van der Waals surface area contributed by atoms with E-state index in [9.17, 15) is 4.39 Å². The van der Waals surface area contributed by atoms with Crippen LogP contribution in [0.2, 0.25) is 0 Å². The number of halogens is 2. The molecule has 1 aromatic heterocycles. The quantitative estimate of drug-likeness (QED) is 0.619. The van der Waals surface area contributed by atoms with Crippen LogP contribution in [0.3, 0.4) is 0 Å². The fourth-order valence-electron chi connectivity index (χ4n) is 1.34. The molecule has 1 heterocycles. The normalized spacial score (nSPS) is 16.4. The van der Waals surface area contributed by atoms with Crippen LogP contribution >= 0.6 is 22.6 Å². The molecule has 1 aromatic rings. The average Bonchev–Trinajstić information content (AvgIpc) is 2.92. The van der Waals surface area contributed by atoms with Gasteiger partial charge in [-0.3, -0.25) is 0 Å². The molecular formula is C10H12FIN2. The van der Waals surface area contributed by atoms with Crippen molar-refractivity contribution in [1.82, 2.24) is 9.97 Å². The molecule has 0 N–H and O–H groups in total. The van der Waals surface area contributed by atoms with Gasteiger partial charge in [0.15, 0.2) is 0 Å². The molecule has 1 aliphatic carbocycles. The molecule has 1 fully saturated rings. The fourth-order valence-corrected chi connectivity index (χ4v) is 2.02. The summed E-state index contributed by atoms with van der Waals surface area (Å²) in [5.41, 5.74) is 0.918. The minimum atomic E-state index is -0.355. The topological polar surface area (TPSA) is 25.8 Å². The highest BCUT2D eigenvalue weighted by Gasteiger charge is 2.29. The van der Waals surface area contributed by atoms with Crippen LogP contribution in [0.15, 0.2) is 0 Å². The molecule has 0 aromatic carbocycles. The lowest BCUT2D eigenvalue weighted by atomic mass is 10.2. The van der Waals surface area contributed by atoms with Gasteiger partial charge in [0.25, 0.3) is 0 Å². The maximum absolute atomic E-state index is 13.4. The van der Waals surface area contributed by atoms with Crippen LogP contribution in [0.4, 0.5) is 4.39 Å². The first-order valence-electron chi connectivity index (χ1n) is 4.82. The largest absolute Gasteiger partial charge is 0.236 e. The van der Waals surface area contributed by atoms with E-state index in [2.05, 4.69) is 9.97 Å². The van der Waals surface area contributed by atoms with Crippen LogP contribution < -0.4 is 0 Å². The van der Waals surface area contributed by atoms with Crippen molar-refractivity contribution in [2.24, 2.45) is 0 Å². The maximum Gasteiger partial charge on any atom is 0.229 e. The predicted molar refractivity (Wildman–Crippen MR) is 60.8 cm³/mol. The van der Waals surface area contributed by atoms with Crippen molar-refractivity contribution in [1.29, 1.82) is 0 Å². The van der Waals surface area contributed by atoms with Gasteiger partial charge in [0.2, 0.25) is 5.95 Å². The van der Waals surface area contributed by atoms with Crippen LogP contribution in [-0.2, 0) is 0 Å². The third kappa shape index (κ3) is 1.89. The molecule has 0 spiro atoms. The lowest BCUT2D eigenvalue weighted by Crippen LogP contribution is -2.06. The maximum atomic E-state index is 13.4. The van der Waals surface area contributed by atoms with Gasteiger partial charge in [0.05, 0.1) is 9.26 Å². The van der Waals surface area contributed by atoms with Gasteiger partial charge in [0.1, 0.15) is 5.82 Å². The van der Waals surface area contributed by atoms with E-state index in [4.69, 9.17) is 0 Å². The van der Waals surface area contributed by atoms with Gasteiger partial charge in [-0.15, -0.1) is 0 Å². The van der Waals surface area contributed by atoms with Gasteiger partial charge < -0.3 is 0 Å². The second-order valence-electron chi connectivity index (χ2n) is 4.00. The molecule has 0 radical (unpaired) electrons. The van der Waals surface area contributed by atoms with Crippen LogP contribution in [0, 0.1) is 9.52 Å². The predicted octanol–water partition coefficient (Wildman–Crippen LogP) is 3.22. The first-order chi connectivity index (χ1) is 6.59. The zero-order chi connectivity index (χ0) is 10.3. The van der Waals surface area contributed by atoms with Gasteiger partial charge in [-0.25, -0.2) is 9.97 Å². The molecule has 1 aliphatic rings. The van der Waals surface area contributed by atoms with Crippen molar-refractivity contribution in [2.45, 2.75) is 38.5 Å². The Bertz CT molecular complexity index is 361. The lowest BCUT2D eigenvalue weighted by Gasteiger charge is -2.08. The van der Waals surface area contributed by atoms with Crippen molar-refractivity contribution in [2.75, 3.05) is 0 Å². The SMILES string of the molecule is CC(C)c1nc(F)c(I)c(C2CC2)n1. The summed E-state index contributed by atoms with van der Waals surface area (Å²) < 4.78 is 14.0. The number of hydrogen-bond donors (Lipinski definition) is 0. The van der Waals surface area contributed by atoms with E-state index in [0.29, 0.717) is 15.3 Å². The van der Waals surface area contributed by atoms with E-state index in [-0.39, 0.29) is 11.9 Å². The van der Waals surface area contributed by atoms with Crippen molar-refractivity contribution >= 4 is 22.6 Å². The first kappa shape index (κ1) is 10.3. The van der Waals surface area contributed by atoms with E-state index in [1.165, 1.54) is 0 Å². The Labute approximate surface area is 96.5 Å². The number of nitrogens with zero attached hydrogens (tertiary/aromatic N) is 2. The molecule has 4 heteroatoms. The summed E-state index contributed by atoms with van der Waals surface area (Å²) in [4.78, 5) is 8.29. The molecule has 0 bridgehead atoms. The number of rotatable bonds is 2. The summed E-state index contributed by atoms with van der Waals surface area (Å²) in [7, 11) is 0. The van der Waals surface area contributed by atoms with E-state index in [0.717, 1.165) is 18.5 Å². The van der Waals surface area contributed by atoms with E-state index >= 15 is 0 Å². The molecule has 0 amide bonds. The second kappa shape index (κ2) is 3.72. The summed E-state index contributed by atoms with van der Waals surface area (Å²) in [5.74, 6) is 0.951. The number of aromatic nitrogens is 2. The molecule has 2 rings (SSSR count).